The minimum atomic E-state index is -3.36. The van der Waals surface area contributed by atoms with Gasteiger partial charge in [-0.3, -0.25) is 4.79 Å². The molecule has 0 spiro atoms. The van der Waals surface area contributed by atoms with E-state index in [0.29, 0.717) is 30.8 Å². The third kappa shape index (κ3) is 3.54. The highest BCUT2D eigenvalue weighted by atomic mass is 32.2. The van der Waals surface area contributed by atoms with E-state index in [-0.39, 0.29) is 35.8 Å². The number of sulfonamides is 1. The Bertz CT molecular complexity index is 617. The lowest BCUT2D eigenvalue weighted by Crippen LogP contribution is -2.54. The van der Waals surface area contributed by atoms with Crippen LogP contribution in [-0.2, 0) is 19.6 Å². The van der Waals surface area contributed by atoms with Gasteiger partial charge in [-0.25, -0.2) is 8.42 Å². The van der Waals surface area contributed by atoms with Gasteiger partial charge in [0.1, 0.15) is 0 Å². The van der Waals surface area contributed by atoms with E-state index in [4.69, 9.17) is 4.74 Å². The van der Waals surface area contributed by atoms with Crippen molar-refractivity contribution in [1.29, 1.82) is 0 Å². The molecule has 26 heavy (non-hydrogen) atoms. The van der Waals surface area contributed by atoms with Gasteiger partial charge in [0.15, 0.2) is 0 Å². The first kappa shape index (κ1) is 18.7. The lowest BCUT2D eigenvalue weighted by molar-refractivity contribution is -0.146. The summed E-state index contributed by atoms with van der Waals surface area (Å²) in [6.07, 6.45) is 6.75. The predicted molar refractivity (Wildman–Crippen MR) is 99.0 cm³/mol. The summed E-state index contributed by atoms with van der Waals surface area (Å²) < 4.78 is 32.4. The van der Waals surface area contributed by atoms with Gasteiger partial charge in [0, 0.05) is 25.0 Å². The molecule has 1 heterocycles. The van der Waals surface area contributed by atoms with Gasteiger partial charge in [-0.15, -0.1) is 0 Å². The molecule has 2 unspecified atom stereocenters. The standard InChI is InChI=1S/C19H32N2O4S/c1-13-11-21(12-14(2)25-13)26(23,24)4-3-20-18(22)19-8-15-5-16(9-19)7-17(6-15)10-19/h13-17H,3-12H2,1-2H3,(H,20,22). The number of hydrogen-bond donors (Lipinski definition) is 1. The van der Waals surface area contributed by atoms with E-state index < -0.39 is 10.0 Å². The Hall–Kier alpha value is -0.660. The van der Waals surface area contributed by atoms with E-state index in [1.807, 2.05) is 13.8 Å². The maximum Gasteiger partial charge on any atom is 0.226 e. The molecule has 1 N–H and O–H groups in total. The molecular weight excluding hydrogens is 352 g/mol. The van der Waals surface area contributed by atoms with Crippen LogP contribution in [-0.4, -0.2) is 56.2 Å². The Kier molecular flexibility index (Phi) is 4.85. The smallest absolute Gasteiger partial charge is 0.226 e. The van der Waals surface area contributed by atoms with E-state index in [0.717, 1.165) is 19.3 Å². The van der Waals surface area contributed by atoms with Gasteiger partial charge in [-0.05, 0) is 70.1 Å². The number of nitrogens with one attached hydrogen (secondary N) is 1. The van der Waals surface area contributed by atoms with Crippen molar-refractivity contribution in [3.63, 3.8) is 0 Å². The van der Waals surface area contributed by atoms with E-state index in [1.165, 1.54) is 23.6 Å². The maximum absolute atomic E-state index is 12.9. The molecule has 7 heteroatoms. The summed E-state index contributed by atoms with van der Waals surface area (Å²) in [6.45, 7) is 4.80. The number of carbonyl (C=O) groups excluding carboxylic acids is 1. The monoisotopic (exact) mass is 384 g/mol. The van der Waals surface area contributed by atoms with Crippen LogP contribution in [0.2, 0.25) is 0 Å². The minimum absolute atomic E-state index is 0.0233. The zero-order chi connectivity index (χ0) is 18.5. The highest BCUT2D eigenvalue weighted by Gasteiger charge is 2.54. The van der Waals surface area contributed by atoms with Gasteiger partial charge in [-0.1, -0.05) is 0 Å². The summed E-state index contributed by atoms with van der Waals surface area (Å²) in [5, 5.41) is 2.98. The summed E-state index contributed by atoms with van der Waals surface area (Å²) in [5.74, 6) is 2.23. The van der Waals surface area contributed by atoms with Gasteiger partial charge >= 0.3 is 0 Å². The van der Waals surface area contributed by atoms with Crippen LogP contribution in [0.15, 0.2) is 0 Å². The molecule has 5 fully saturated rings. The Morgan fingerprint density at radius 2 is 1.54 bits per heavy atom. The van der Waals surface area contributed by atoms with Crippen LogP contribution in [0.1, 0.15) is 52.4 Å². The van der Waals surface area contributed by atoms with Crippen LogP contribution < -0.4 is 5.32 Å². The molecule has 1 aliphatic heterocycles. The SMILES string of the molecule is CC1CN(S(=O)(=O)CCNC(=O)C23CC4CC(CC(C4)C2)C3)CC(C)O1. The number of rotatable bonds is 5. The van der Waals surface area contributed by atoms with Crippen LogP contribution in [0.5, 0.6) is 0 Å². The molecule has 2 atom stereocenters. The molecule has 0 aromatic carbocycles. The second-order valence-corrected chi connectivity index (χ2v) is 11.4. The second-order valence-electron chi connectivity index (χ2n) is 9.34. The first-order chi connectivity index (χ1) is 12.3. The van der Waals surface area contributed by atoms with Gasteiger partial charge in [0.05, 0.1) is 18.0 Å². The lowest BCUT2D eigenvalue weighted by atomic mass is 9.49. The normalized spacial score (nSPS) is 42.8. The van der Waals surface area contributed by atoms with Crippen molar-refractivity contribution in [1.82, 2.24) is 9.62 Å². The molecule has 1 saturated heterocycles. The van der Waals surface area contributed by atoms with Crippen LogP contribution in [0, 0.1) is 23.2 Å². The fourth-order valence-corrected chi connectivity index (χ4v) is 7.85. The molecule has 4 saturated carbocycles. The Labute approximate surface area is 157 Å². The van der Waals surface area contributed by atoms with Crippen molar-refractivity contribution in [2.75, 3.05) is 25.4 Å². The number of carbonyl (C=O) groups is 1. The highest BCUT2D eigenvalue weighted by molar-refractivity contribution is 7.89. The zero-order valence-electron chi connectivity index (χ0n) is 15.9. The third-order valence-electron chi connectivity index (χ3n) is 6.94. The first-order valence-corrected chi connectivity index (χ1v) is 11.8. The first-order valence-electron chi connectivity index (χ1n) is 10.2. The second kappa shape index (κ2) is 6.74. The molecule has 5 aliphatic rings. The Morgan fingerprint density at radius 1 is 1.04 bits per heavy atom. The summed E-state index contributed by atoms with van der Waals surface area (Å²) in [6, 6.07) is 0. The fraction of sp³-hybridized carbons (Fsp3) is 0.947. The van der Waals surface area contributed by atoms with Crippen molar-refractivity contribution >= 4 is 15.9 Å². The van der Waals surface area contributed by atoms with Crippen molar-refractivity contribution in [2.24, 2.45) is 23.2 Å². The van der Waals surface area contributed by atoms with Crippen LogP contribution >= 0.6 is 0 Å². The summed E-state index contributed by atoms with van der Waals surface area (Å²) >= 11 is 0. The molecule has 0 aromatic rings. The van der Waals surface area contributed by atoms with Gasteiger partial charge in [0.25, 0.3) is 0 Å². The zero-order valence-corrected chi connectivity index (χ0v) is 16.8. The molecule has 4 bridgehead atoms. The summed E-state index contributed by atoms with van der Waals surface area (Å²) in [5.41, 5.74) is -0.208. The molecule has 4 aliphatic carbocycles. The molecular formula is C19H32N2O4S. The summed E-state index contributed by atoms with van der Waals surface area (Å²) in [4.78, 5) is 12.9. The molecule has 5 rings (SSSR count). The van der Waals surface area contributed by atoms with E-state index in [1.54, 1.807) is 0 Å². The average Bonchev–Trinajstić information content (AvgIpc) is 2.52. The van der Waals surface area contributed by atoms with Gasteiger partial charge in [-0.2, -0.15) is 4.31 Å². The molecule has 0 aromatic heterocycles. The highest BCUT2D eigenvalue weighted by Crippen LogP contribution is 2.60. The van der Waals surface area contributed by atoms with Gasteiger partial charge in [0.2, 0.25) is 15.9 Å². The quantitative estimate of drug-likeness (QED) is 0.784. The topological polar surface area (TPSA) is 75.7 Å². The number of hydrogen-bond acceptors (Lipinski definition) is 4. The number of morpholine rings is 1. The van der Waals surface area contributed by atoms with E-state index in [2.05, 4.69) is 5.32 Å². The van der Waals surface area contributed by atoms with Crippen LogP contribution in [0.25, 0.3) is 0 Å². The molecule has 0 radical (unpaired) electrons. The van der Waals surface area contributed by atoms with Gasteiger partial charge < -0.3 is 10.1 Å². The van der Waals surface area contributed by atoms with E-state index in [9.17, 15) is 13.2 Å². The third-order valence-corrected chi connectivity index (χ3v) is 8.75. The van der Waals surface area contributed by atoms with E-state index >= 15 is 0 Å². The van der Waals surface area contributed by atoms with Crippen LogP contribution in [0.4, 0.5) is 0 Å². The van der Waals surface area contributed by atoms with Crippen molar-refractivity contribution in [2.45, 2.75) is 64.6 Å². The molecule has 6 nitrogen and oxygen atoms in total. The maximum atomic E-state index is 12.9. The predicted octanol–water partition coefficient (Wildman–Crippen LogP) is 1.76. The van der Waals surface area contributed by atoms with Crippen molar-refractivity contribution in [3.05, 3.63) is 0 Å². The largest absolute Gasteiger partial charge is 0.373 e. The fourth-order valence-electron chi connectivity index (χ4n) is 6.36. The molecule has 148 valence electrons. The van der Waals surface area contributed by atoms with Crippen molar-refractivity contribution < 1.29 is 17.9 Å². The van der Waals surface area contributed by atoms with Crippen LogP contribution in [0.3, 0.4) is 0 Å². The Morgan fingerprint density at radius 3 is 2.04 bits per heavy atom. The number of amides is 1. The molecule has 1 amide bonds. The average molecular weight is 385 g/mol. The number of ether oxygens (including phenoxy) is 1. The number of nitrogens with zero attached hydrogens (tertiary/aromatic N) is 1. The Balaban J connectivity index is 1.32. The lowest BCUT2D eigenvalue weighted by Gasteiger charge is -2.55. The summed E-state index contributed by atoms with van der Waals surface area (Å²) in [7, 11) is -3.36. The minimum Gasteiger partial charge on any atom is -0.373 e. The van der Waals surface area contributed by atoms with Crippen molar-refractivity contribution in [3.8, 4) is 0 Å².